The summed E-state index contributed by atoms with van der Waals surface area (Å²) in [6.07, 6.45) is 0.224. The fraction of sp³-hybridized carbons (Fsp3) is 0.333. The lowest BCUT2D eigenvalue weighted by Gasteiger charge is -2.29. The number of ether oxygens (including phenoxy) is 1. The van der Waals surface area contributed by atoms with Crippen LogP contribution in [0.2, 0.25) is 0 Å². The highest BCUT2D eigenvalue weighted by Gasteiger charge is 2.25. The summed E-state index contributed by atoms with van der Waals surface area (Å²) in [5.74, 6) is 0.488. The van der Waals surface area contributed by atoms with Crippen molar-refractivity contribution in [1.29, 1.82) is 0 Å². The predicted octanol–water partition coefficient (Wildman–Crippen LogP) is 3.55. The van der Waals surface area contributed by atoms with E-state index in [1.807, 2.05) is 55.5 Å². The van der Waals surface area contributed by atoms with Crippen LogP contribution in [-0.4, -0.2) is 36.4 Å². The summed E-state index contributed by atoms with van der Waals surface area (Å²) in [6, 6.07) is 14.6. The zero-order valence-corrected chi connectivity index (χ0v) is 17.5. The first kappa shape index (κ1) is 21.0. The molecule has 1 N–H and O–H groups in total. The Morgan fingerprint density at radius 3 is 2.44 bits per heavy atom. The van der Waals surface area contributed by atoms with Crippen LogP contribution in [0.5, 0.6) is 5.75 Å². The van der Waals surface area contributed by atoms with Gasteiger partial charge in [0, 0.05) is 17.6 Å². The minimum absolute atomic E-state index is 0.0982. The van der Waals surface area contributed by atoms with Crippen LogP contribution in [0.1, 0.15) is 25.0 Å². The van der Waals surface area contributed by atoms with Crippen LogP contribution >= 0.6 is 15.9 Å². The van der Waals surface area contributed by atoms with Gasteiger partial charge in [-0.2, -0.15) is 0 Å². The average Bonchev–Trinajstić information content (AvgIpc) is 2.66. The second-order valence-corrected chi connectivity index (χ2v) is 7.16. The number of methoxy groups -OCH3 is 1. The lowest BCUT2D eigenvalue weighted by Crippen LogP contribution is -2.48. The molecule has 1 atom stereocenters. The fourth-order valence-electron chi connectivity index (χ4n) is 2.76. The van der Waals surface area contributed by atoms with E-state index >= 15 is 0 Å². The van der Waals surface area contributed by atoms with Gasteiger partial charge >= 0.3 is 0 Å². The van der Waals surface area contributed by atoms with Crippen molar-refractivity contribution >= 4 is 27.7 Å². The first-order valence-electron chi connectivity index (χ1n) is 8.89. The maximum Gasteiger partial charge on any atom is 0.242 e. The molecule has 5 nitrogen and oxygen atoms in total. The molecular weight excluding hydrogens is 408 g/mol. The van der Waals surface area contributed by atoms with Crippen molar-refractivity contribution in [2.45, 2.75) is 32.9 Å². The first-order valence-corrected chi connectivity index (χ1v) is 9.68. The number of amides is 2. The number of halogens is 1. The Kier molecular flexibility index (Phi) is 7.85. The Labute approximate surface area is 168 Å². The first-order chi connectivity index (χ1) is 12.9. The number of likely N-dealkylation sites (N-methyl/N-ethyl adjacent to an activating group) is 1. The molecule has 2 rings (SSSR count). The van der Waals surface area contributed by atoms with Crippen LogP contribution in [0.25, 0.3) is 0 Å². The van der Waals surface area contributed by atoms with Crippen LogP contribution in [0.4, 0.5) is 0 Å². The van der Waals surface area contributed by atoms with E-state index in [1.54, 1.807) is 18.9 Å². The van der Waals surface area contributed by atoms with Crippen molar-refractivity contribution in [3.63, 3.8) is 0 Å². The minimum Gasteiger partial charge on any atom is -0.497 e. The van der Waals surface area contributed by atoms with Gasteiger partial charge < -0.3 is 15.0 Å². The molecule has 0 aliphatic carbocycles. The molecule has 0 saturated carbocycles. The molecule has 0 bridgehead atoms. The summed E-state index contributed by atoms with van der Waals surface area (Å²) in [7, 11) is 1.61. The van der Waals surface area contributed by atoms with E-state index in [0.29, 0.717) is 13.1 Å². The fourth-order valence-corrected chi connectivity index (χ4v) is 3.20. The SMILES string of the molecule is CCNC(=O)[C@H](C)N(Cc1cccc(Br)c1)C(=O)Cc1ccc(OC)cc1. The van der Waals surface area contributed by atoms with E-state index in [0.717, 1.165) is 21.3 Å². The number of nitrogens with zero attached hydrogens (tertiary/aromatic N) is 1. The Balaban J connectivity index is 2.20. The second kappa shape index (κ2) is 10.1. The molecule has 0 unspecified atom stereocenters. The molecule has 0 saturated heterocycles. The number of rotatable bonds is 8. The summed E-state index contributed by atoms with van der Waals surface area (Å²) in [5, 5.41) is 2.80. The van der Waals surface area contributed by atoms with Crippen LogP contribution in [0.15, 0.2) is 53.0 Å². The van der Waals surface area contributed by atoms with E-state index in [2.05, 4.69) is 21.2 Å². The van der Waals surface area contributed by atoms with Crippen molar-refractivity contribution in [2.75, 3.05) is 13.7 Å². The predicted molar refractivity (Wildman–Crippen MR) is 110 cm³/mol. The Morgan fingerprint density at radius 2 is 1.85 bits per heavy atom. The smallest absolute Gasteiger partial charge is 0.242 e. The van der Waals surface area contributed by atoms with Gasteiger partial charge in [0.05, 0.1) is 13.5 Å². The molecule has 0 radical (unpaired) electrons. The summed E-state index contributed by atoms with van der Waals surface area (Å²) in [5.41, 5.74) is 1.84. The Bertz CT molecular complexity index is 777. The number of carbonyl (C=O) groups is 2. The van der Waals surface area contributed by atoms with Crippen molar-refractivity contribution in [2.24, 2.45) is 0 Å². The molecular formula is C21H25BrN2O3. The van der Waals surface area contributed by atoms with E-state index in [4.69, 9.17) is 4.74 Å². The van der Waals surface area contributed by atoms with Gasteiger partial charge in [0.2, 0.25) is 11.8 Å². The molecule has 0 aliphatic rings. The maximum atomic E-state index is 13.0. The molecule has 27 heavy (non-hydrogen) atoms. The molecule has 2 aromatic carbocycles. The number of hydrogen-bond donors (Lipinski definition) is 1. The van der Waals surface area contributed by atoms with Gasteiger partial charge in [0.25, 0.3) is 0 Å². The molecule has 0 aliphatic heterocycles. The third kappa shape index (κ3) is 6.10. The third-order valence-electron chi connectivity index (χ3n) is 4.27. The van der Waals surface area contributed by atoms with Gasteiger partial charge in [-0.3, -0.25) is 9.59 Å². The Morgan fingerprint density at radius 1 is 1.15 bits per heavy atom. The topological polar surface area (TPSA) is 58.6 Å². The third-order valence-corrected chi connectivity index (χ3v) is 4.77. The number of hydrogen-bond acceptors (Lipinski definition) is 3. The van der Waals surface area contributed by atoms with Gasteiger partial charge in [-0.1, -0.05) is 40.2 Å². The molecule has 2 aromatic rings. The van der Waals surface area contributed by atoms with Gasteiger partial charge in [0.15, 0.2) is 0 Å². The van der Waals surface area contributed by atoms with Crippen LogP contribution in [-0.2, 0) is 22.6 Å². The number of carbonyl (C=O) groups excluding carboxylic acids is 2. The van der Waals surface area contributed by atoms with E-state index in [1.165, 1.54) is 0 Å². The largest absolute Gasteiger partial charge is 0.497 e. The zero-order valence-electron chi connectivity index (χ0n) is 15.9. The lowest BCUT2D eigenvalue weighted by atomic mass is 10.1. The summed E-state index contributed by atoms with van der Waals surface area (Å²) < 4.78 is 6.09. The van der Waals surface area contributed by atoms with Crippen molar-refractivity contribution in [3.8, 4) is 5.75 Å². The second-order valence-electron chi connectivity index (χ2n) is 6.25. The van der Waals surface area contributed by atoms with E-state index in [9.17, 15) is 9.59 Å². The van der Waals surface area contributed by atoms with Gasteiger partial charge in [-0.05, 0) is 49.2 Å². The number of benzene rings is 2. The van der Waals surface area contributed by atoms with Crippen molar-refractivity contribution in [3.05, 3.63) is 64.1 Å². The quantitative estimate of drug-likeness (QED) is 0.693. The van der Waals surface area contributed by atoms with Gasteiger partial charge in [-0.15, -0.1) is 0 Å². The highest BCUT2D eigenvalue weighted by atomic mass is 79.9. The molecule has 0 spiro atoms. The van der Waals surface area contributed by atoms with Gasteiger partial charge in [-0.25, -0.2) is 0 Å². The lowest BCUT2D eigenvalue weighted by molar-refractivity contribution is -0.140. The molecule has 0 heterocycles. The molecule has 144 valence electrons. The van der Waals surface area contributed by atoms with E-state index < -0.39 is 6.04 Å². The van der Waals surface area contributed by atoms with E-state index in [-0.39, 0.29) is 18.2 Å². The standard InChI is InChI=1S/C21H25BrN2O3/c1-4-23-21(26)15(2)24(14-17-6-5-7-18(22)12-17)20(25)13-16-8-10-19(27-3)11-9-16/h5-12,15H,4,13-14H2,1-3H3,(H,23,26)/t15-/m0/s1. The number of nitrogens with one attached hydrogen (secondary N) is 1. The molecule has 2 amide bonds. The monoisotopic (exact) mass is 432 g/mol. The summed E-state index contributed by atoms with van der Waals surface area (Å²) >= 11 is 3.45. The van der Waals surface area contributed by atoms with Crippen LogP contribution in [0.3, 0.4) is 0 Å². The highest BCUT2D eigenvalue weighted by Crippen LogP contribution is 2.17. The minimum atomic E-state index is -0.560. The normalized spacial score (nSPS) is 11.6. The maximum absolute atomic E-state index is 13.0. The van der Waals surface area contributed by atoms with Gasteiger partial charge in [0.1, 0.15) is 11.8 Å². The van der Waals surface area contributed by atoms with Crippen molar-refractivity contribution < 1.29 is 14.3 Å². The van der Waals surface area contributed by atoms with Crippen LogP contribution in [0, 0.1) is 0 Å². The van der Waals surface area contributed by atoms with Crippen LogP contribution < -0.4 is 10.1 Å². The summed E-state index contributed by atoms with van der Waals surface area (Å²) in [6.45, 7) is 4.52. The summed E-state index contributed by atoms with van der Waals surface area (Å²) in [4.78, 5) is 27.0. The zero-order chi connectivity index (χ0) is 19.8. The molecule has 0 aromatic heterocycles. The molecule has 6 heteroatoms. The average molecular weight is 433 g/mol. The Hall–Kier alpha value is -2.34. The highest BCUT2D eigenvalue weighted by molar-refractivity contribution is 9.10. The molecule has 0 fully saturated rings. The van der Waals surface area contributed by atoms with Crippen molar-refractivity contribution in [1.82, 2.24) is 10.2 Å².